The number of hydrogen-bond acceptors (Lipinski definition) is 6. The first-order valence-corrected chi connectivity index (χ1v) is 8.45. The fourth-order valence-electron chi connectivity index (χ4n) is 2.56. The predicted molar refractivity (Wildman–Crippen MR) is 95.5 cm³/mol. The van der Waals surface area contributed by atoms with Gasteiger partial charge in [-0.3, -0.25) is 0 Å². The molecule has 2 aliphatic rings. The van der Waals surface area contributed by atoms with Crippen molar-refractivity contribution in [2.75, 3.05) is 0 Å². The molecule has 2 heterocycles. The molecule has 6 heteroatoms. The second-order valence-corrected chi connectivity index (χ2v) is 6.95. The van der Waals surface area contributed by atoms with E-state index in [1.54, 1.807) is 30.1 Å². The molecule has 1 aliphatic heterocycles. The zero-order chi connectivity index (χ0) is 16.4. The van der Waals surface area contributed by atoms with Crippen LogP contribution in [0.2, 0.25) is 0 Å². The van der Waals surface area contributed by atoms with Gasteiger partial charge in [-0.05, 0) is 48.8 Å². The third-order valence-electron chi connectivity index (χ3n) is 3.90. The van der Waals surface area contributed by atoms with E-state index in [2.05, 4.69) is 24.5 Å². The van der Waals surface area contributed by atoms with E-state index < -0.39 is 0 Å². The molecule has 1 N–H and O–H groups in total. The third-order valence-corrected chi connectivity index (χ3v) is 5.57. The van der Waals surface area contributed by atoms with E-state index in [4.69, 9.17) is 15.4 Å². The van der Waals surface area contributed by atoms with Gasteiger partial charge in [0.25, 0.3) is 0 Å². The van der Waals surface area contributed by atoms with E-state index in [1.807, 2.05) is 6.07 Å². The van der Waals surface area contributed by atoms with Gasteiger partial charge in [0.1, 0.15) is 17.5 Å². The second kappa shape index (κ2) is 6.65. The van der Waals surface area contributed by atoms with Crippen LogP contribution in [0.5, 0.6) is 5.75 Å². The number of allylic oxidation sites excluding steroid dienone is 4. The monoisotopic (exact) mass is 341 g/mol. The van der Waals surface area contributed by atoms with Crippen molar-refractivity contribution in [3.63, 3.8) is 0 Å². The van der Waals surface area contributed by atoms with E-state index in [0.717, 1.165) is 40.4 Å². The van der Waals surface area contributed by atoms with Crippen LogP contribution in [-0.2, 0) is 0 Å². The number of ether oxygens (including phenoxy) is 1. The molecular formula is C17H15N3OS2. The first-order chi connectivity index (χ1) is 11.1. The highest BCUT2D eigenvalue weighted by molar-refractivity contribution is 8.06. The summed E-state index contributed by atoms with van der Waals surface area (Å²) >= 11 is 6.24. The molecule has 4 nitrogen and oxygen atoms in total. The van der Waals surface area contributed by atoms with Crippen molar-refractivity contribution < 1.29 is 4.74 Å². The highest BCUT2D eigenvalue weighted by Crippen LogP contribution is 2.46. The molecule has 0 unspecified atom stereocenters. The van der Waals surface area contributed by atoms with E-state index >= 15 is 0 Å². The first kappa shape index (κ1) is 15.9. The molecule has 0 saturated heterocycles. The standard InChI is InChI=1S/C17H15N3OS2/c1-10-11-2-3-12(7-18)16(22)15(6-11)17(23-10)21-14-5-4-13(8-19)20-9-14/h4-5,7,9,18,22H,2-3,6H2,1H3. The number of pyridine rings is 1. The van der Waals surface area contributed by atoms with Crippen molar-refractivity contribution in [2.45, 2.75) is 26.2 Å². The lowest BCUT2D eigenvalue weighted by Crippen LogP contribution is -2.05. The molecule has 0 spiro atoms. The van der Waals surface area contributed by atoms with Crippen LogP contribution in [0, 0.1) is 16.7 Å². The summed E-state index contributed by atoms with van der Waals surface area (Å²) < 4.78 is 6.01. The highest BCUT2D eigenvalue weighted by atomic mass is 32.2. The SMILES string of the molecule is CC1=C2CCC(C=N)=C(S)C(=C(Oc3ccc(C#N)nc3)S1)C2. The average Bonchev–Trinajstić information content (AvgIpc) is 2.71. The number of nitrogens with one attached hydrogen (secondary N) is 1. The Labute approximate surface area is 144 Å². The van der Waals surface area contributed by atoms with Crippen molar-refractivity contribution in [1.29, 1.82) is 10.7 Å². The zero-order valence-electron chi connectivity index (χ0n) is 12.6. The Kier molecular flexibility index (Phi) is 4.60. The van der Waals surface area contributed by atoms with Crippen molar-refractivity contribution in [2.24, 2.45) is 0 Å². The quantitative estimate of drug-likeness (QED) is 0.623. The number of nitriles is 1. The largest absolute Gasteiger partial charge is 0.448 e. The molecule has 1 aliphatic carbocycles. The maximum absolute atomic E-state index is 8.81. The number of aromatic nitrogens is 1. The predicted octanol–water partition coefficient (Wildman–Crippen LogP) is 4.58. The molecule has 0 saturated carbocycles. The minimum absolute atomic E-state index is 0.361. The summed E-state index contributed by atoms with van der Waals surface area (Å²) in [5, 5.41) is 17.2. The van der Waals surface area contributed by atoms with E-state index in [-0.39, 0.29) is 0 Å². The molecule has 23 heavy (non-hydrogen) atoms. The van der Waals surface area contributed by atoms with Gasteiger partial charge in [-0.2, -0.15) is 5.26 Å². The molecule has 1 aromatic rings. The molecule has 116 valence electrons. The lowest BCUT2D eigenvalue weighted by molar-refractivity contribution is 0.457. The van der Waals surface area contributed by atoms with Crippen LogP contribution in [0.3, 0.4) is 0 Å². The summed E-state index contributed by atoms with van der Waals surface area (Å²) in [6.45, 7) is 2.10. The van der Waals surface area contributed by atoms with Gasteiger partial charge < -0.3 is 10.1 Å². The van der Waals surface area contributed by atoms with Gasteiger partial charge >= 0.3 is 0 Å². The van der Waals surface area contributed by atoms with Crippen LogP contribution in [0.15, 0.2) is 50.0 Å². The van der Waals surface area contributed by atoms with E-state index in [9.17, 15) is 0 Å². The lowest BCUT2D eigenvalue weighted by Gasteiger charge is -2.22. The number of thioether (sulfide) groups is 1. The summed E-state index contributed by atoms with van der Waals surface area (Å²) in [4.78, 5) is 6.12. The van der Waals surface area contributed by atoms with Crippen molar-refractivity contribution in [1.82, 2.24) is 4.98 Å². The van der Waals surface area contributed by atoms with Crippen molar-refractivity contribution in [3.8, 4) is 11.8 Å². The van der Waals surface area contributed by atoms with Gasteiger partial charge in [0, 0.05) is 16.7 Å². The second-order valence-electron chi connectivity index (χ2n) is 5.32. The van der Waals surface area contributed by atoms with Gasteiger partial charge in [-0.1, -0.05) is 17.3 Å². The number of thiol groups is 1. The fourth-order valence-corrected chi connectivity index (χ4v) is 4.03. The maximum Gasteiger partial charge on any atom is 0.169 e. The minimum Gasteiger partial charge on any atom is -0.448 e. The van der Waals surface area contributed by atoms with Gasteiger partial charge in [-0.15, -0.1) is 12.6 Å². The molecule has 0 amide bonds. The Morgan fingerprint density at radius 3 is 2.91 bits per heavy atom. The summed E-state index contributed by atoms with van der Waals surface area (Å²) in [5.41, 5.74) is 3.71. The van der Waals surface area contributed by atoms with Crippen LogP contribution in [0.25, 0.3) is 0 Å². The summed E-state index contributed by atoms with van der Waals surface area (Å²) in [5.74, 6) is 0.594. The molecule has 2 bridgehead atoms. The molecular weight excluding hydrogens is 326 g/mol. The zero-order valence-corrected chi connectivity index (χ0v) is 14.3. The van der Waals surface area contributed by atoms with E-state index in [0.29, 0.717) is 11.4 Å². The summed E-state index contributed by atoms with van der Waals surface area (Å²) in [7, 11) is 0. The van der Waals surface area contributed by atoms with Crippen LogP contribution in [-0.4, -0.2) is 11.2 Å². The van der Waals surface area contributed by atoms with E-state index in [1.165, 1.54) is 16.7 Å². The van der Waals surface area contributed by atoms with Gasteiger partial charge in [-0.25, -0.2) is 4.98 Å². The Morgan fingerprint density at radius 1 is 1.43 bits per heavy atom. The Hall–Kier alpha value is -1.97. The van der Waals surface area contributed by atoms with Crippen LogP contribution in [0.1, 0.15) is 31.9 Å². The lowest BCUT2D eigenvalue weighted by atomic mass is 10.0. The fraction of sp³-hybridized carbons (Fsp3) is 0.235. The Balaban J connectivity index is 1.98. The normalized spacial score (nSPS) is 17.8. The van der Waals surface area contributed by atoms with Crippen LogP contribution >= 0.6 is 24.4 Å². The van der Waals surface area contributed by atoms with Gasteiger partial charge in [0.05, 0.1) is 6.20 Å². The Morgan fingerprint density at radius 2 is 2.26 bits per heavy atom. The average molecular weight is 341 g/mol. The smallest absolute Gasteiger partial charge is 0.169 e. The molecule has 1 aromatic heterocycles. The highest BCUT2D eigenvalue weighted by Gasteiger charge is 2.26. The summed E-state index contributed by atoms with van der Waals surface area (Å²) in [6, 6.07) is 5.37. The third kappa shape index (κ3) is 3.21. The first-order valence-electron chi connectivity index (χ1n) is 7.19. The molecule has 0 fully saturated rings. The number of hydrogen-bond donors (Lipinski definition) is 2. The topological polar surface area (TPSA) is 69.8 Å². The van der Waals surface area contributed by atoms with Gasteiger partial charge in [0.15, 0.2) is 5.09 Å². The number of rotatable bonds is 3. The summed E-state index contributed by atoms with van der Waals surface area (Å²) in [6.07, 6.45) is 5.55. The number of fused-ring (bicyclic) bond motifs is 2. The maximum atomic E-state index is 8.81. The van der Waals surface area contributed by atoms with Crippen molar-refractivity contribution >= 4 is 30.6 Å². The van der Waals surface area contributed by atoms with Crippen LogP contribution < -0.4 is 4.74 Å². The molecule has 3 rings (SSSR count). The number of nitrogens with zero attached hydrogens (tertiary/aromatic N) is 2. The molecule has 0 aromatic carbocycles. The Bertz CT molecular complexity index is 798. The minimum atomic E-state index is 0.361. The van der Waals surface area contributed by atoms with Gasteiger partial charge in [0.2, 0.25) is 0 Å². The van der Waals surface area contributed by atoms with Crippen LogP contribution in [0.4, 0.5) is 0 Å². The molecule has 0 radical (unpaired) electrons. The van der Waals surface area contributed by atoms with Crippen molar-refractivity contribution in [3.05, 3.63) is 55.6 Å². The molecule has 0 atom stereocenters.